The van der Waals surface area contributed by atoms with Gasteiger partial charge in [0.15, 0.2) is 16.8 Å². The monoisotopic (exact) mass is 331 g/mol. The Morgan fingerprint density at radius 3 is 2.83 bits per heavy atom. The molecule has 3 aromatic rings. The molecule has 0 N–H and O–H groups in total. The van der Waals surface area contributed by atoms with Crippen LogP contribution in [0.1, 0.15) is 29.6 Å². The number of aryl methyl sites for hydroxylation is 2. The minimum Gasteiger partial charge on any atom is -0.469 e. The lowest BCUT2D eigenvalue weighted by molar-refractivity contribution is 0.376. The van der Waals surface area contributed by atoms with Crippen molar-refractivity contribution in [2.45, 2.75) is 37.7 Å². The maximum Gasteiger partial charge on any atom is 0.239 e. The second-order valence-electron chi connectivity index (χ2n) is 5.04. The van der Waals surface area contributed by atoms with Gasteiger partial charge >= 0.3 is 0 Å². The summed E-state index contributed by atoms with van der Waals surface area (Å²) in [6.07, 6.45) is 3.46. The van der Waals surface area contributed by atoms with E-state index in [2.05, 4.69) is 26.9 Å². The van der Waals surface area contributed by atoms with Crippen molar-refractivity contribution in [3.05, 3.63) is 42.5 Å². The molecule has 1 atom stereocenters. The Labute approximate surface area is 137 Å². The van der Waals surface area contributed by atoms with Gasteiger partial charge in [0.25, 0.3) is 0 Å². The molecule has 0 radical (unpaired) electrons. The summed E-state index contributed by atoms with van der Waals surface area (Å²) in [4.78, 5) is 4.26. The van der Waals surface area contributed by atoms with E-state index < -0.39 is 0 Å². The van der Waals surface area contributed by atoms with Crippen LogP contribution in [-0.2, 0) is 6.54 Å². The van der Waals surface area contributed by atoms with Crippen molar-refractivity contribution >= 4 is 11.8 Å². The van der Waals surface area contributed by atoms with Crippen LogP contribution in [-0.4, -0.2) is 24.9 Å². The summed E-state index contributed by atoms with van der Waals surface area (Å²) in [5, 5.41) is 13.2. The molecule has 8 heteroatoms. The number of rotatable bonds is 6. The number of thioether (sulfide) groups is 1. The van der Waals surface area contributed by atoms with Crippen molar-refractivity contribution in [1.82, 2.24) is 24.9 Å². The second kappa shape index (κ2) is 6.41. The van der Waals surface area contributed by atoms with Gasteiger partial charge in [0, 0.05) is 6.54 Å². The Kier molecular flexibility index (Phi) is 4.33. The summed E-state index contributed by atoms with van der Waals surface area (Å²) in [5.74, 6) is 2.75. The van der Waals surface area contributed by atoms with Crippen molar-refractivity contribution in [2.75, 3.05) is 0 Å². The summed E-state index contributed by atoms with van der Waals surface area (Å²) in [6, 6.07) is 1.89. The molecule has 0 aliphatic carbocycles. The second-order valence-corrected chi connectivity index (χ2v) is 6.34. The van der Waals surface area contributed by atoms with Gasteiger partial charge in [0.1, 0.15) is 5.76 Å². The minimum absolute atomic E-state index is 0.0257. The fourth-order valence-corrected chi connectivity index (χ4v) is 3.06. The smallest absolute Gasteiger partial charge is 0.239 e. The SMILES string of the molecule is C=CCn1c(SC(C)c2nc(C)no2)nnc1-c1ccoc1C. The van der Waals surface area contributed by atoms with Crippen LogP contribution >= 0.6 is 11.8 Å². The fraction of sp³-hybridized carbons (Fsp3) is 0.333. The Balaban J connectivity index is 1.92. The molecule has 7 nitrogen and oxygen atoms in total. The number of allylic oxidation sites excluding steroid dienone is 1. The first-order valence-electron chi connectivity index (χ1n) is 7.15. The highest BCUT2D eigenvalue weighted by molar-refractivity contribution is 7.99. The van der Waals surface area contributed by atoms with E-state index in [4.69, 9.17) is 8.94 Å². The summed E-state index contributed by atoms with van der Waals surface area (Å²) in [6.45, 7) is 10.1. The zero-order valence-electron chi connectivity index (χ0n) is 13.2. The van der Waals surface area contributed by atoms with Crippen LogP contribution in [0.15, 0.2) is 39.1 Å². The number of furan rings is 1. The molecule has 0 fully saturated rings. The highest BCUT2D eigenvalue weighted by Gasteiger charge is 2.21. The maximum absolute atomic E-state index is 5.37. The van der Waals surface area contributed by atoms with Crippen molar-refractivity contribution in [3.8, 4) is 11.4 Å². The van der Waals surface area contributed by atoms with Gasteiger partial charge in [0.2, 0.25) is 5.89 Å². The van der Waals surface area contributed by atoms with Gasteiger partial charge < -0.3 is 8.94 Å². The third-order valence-corrected chi connectivity index (χ3v) is 4.37. The maximum atomic E-state index is 5.37. The average Bonchev–Trinajstić information content (AvgIpc) is 3.21. The largest absolute Gasteiger partial charge is 0.469 e. The van der Waals surface area contributed by atoms with E-state index >= 15 is 0 Å². The molecule has 0 aromatic carbocycles. The molecule has 0 bridgehead atoms. The quantitative estimate of drug-likeness (QED) is 0.504. The summed E-state index contributed by atoms with van der Waals surface area (Å²) in [5.41, 5.74) is 0.924. The molecule has 0 aliphatic rings. The van der Waals surface area contributed by atoms with Gasteiger partial charge in [-0.05, 0) is 26.8 Å². The lowest BCUT2D eigenvalue weighted by atomic mass is 10.2. The Hall–Kier alpha value is -2.35. The van der Waals surface area contributed by atoms with Crippen LogP contribution in [0, 0.1) is 13.8 Å². The van der Waals surface area contributed by atoms with Gasteiger partial charge in [-0.2, -0.15) is 4.98 Å². The van der Waals surface area contributed by atoms with Crippen LogP contribution in [0.2, 0.25) is 0 Å². The molecule has 3 heterocycles. The van der Waals surface area contributed by atoms with Gasteiger partial charge in [-0.1, -0.05) is 23.0 Å². The number of hydrogen-bond acceptors (Lipinski definition) is 7. The van der Waals surface area contributed by atoms with Crippen molar-refractivity contribution < 1.29 is 8.94 Å². The molecule has 0 saturated carbocycles. The predicted molar refractivity (Wildman–Crippen MR) is 86.0 cm³/mol. The molecule has 3 aromatic heterocycles. The lowest BCUT2D eigenvalue weighted by Gasteiger charge is -2.09. The van der Waals surface area contributed by atoms with Gasteiger partial charge in [-0.3, -0.25) is 4.57 Å². The molecule has 0 saturated heterocycles. The summed E-state index contributed by atoms with van der Waals surface area (Å²) < 4.78 is 12.6. The van der Waals surface area contributed by atoms with E-state index in [9.17, 15) is 0 Å². The van der Waals surface area contributed by atoms with E-state index in [1.807, 2.05) is 30.6 Å². The van der Waals surface area contributed by atoms with Crippen molar-refractivity contribution in [1.29, 1.82) is 0 Å². The van der Waals surface area contributed by atoms with Crippen molar-refractivity contribution in [3.63, 3.8) is 0 Å². The number of nitrogens with zero attached hydrogens (tertiary/aromatic N) is 5. The molecule has 1 unspecified atom stereocenters. The summed E-state index contributed by atoms with van der Waals surface area (Å²) in [7, 11) is 0. The van der Waals surface area contributed by atoms with E-state index in [-0.39, 0.29) is 5.25 Å². The third kappa shape index (κ3) is 3.07. The minimum atomic E-state index is -0.0257. The molecule has 0 aliphatic heterocycles. The van der Waals surface area contributed by atoms with E-state index in [1.54, 1.807) is 13.2 Å². The van der Waals surface area contributed by atoms with Crippen LogP contribution in [0.5, 0.6) is 0 Å². The topological polar surface area (TPSA) is 82.8 Å². The Morgan fingerprint density at radius 1 is 1.39 bits per heavy atom. The van der Waals surface area contributed by atoms with E-state index in [0.717, 1.165) is 22.3 Å². The first-order chi connectivity index (χ1) is 11.1. The fourth-order valence-electron chi connectivity index (χ4n) is 2.17. The molecule has 0 amide bonds. The van der Waals surface area contributed by atoms with Gasteiger partial charge in [-0.15, -0.1) is 16.8 Å². The van der Waals surface area contributed by atoms with Crippen LogP contribution in [0.25, 0.3) is 11.4 Å². The van der Waals surface area contributed by atoms with E-state index in [0.29, 0.717) is 18.3 Å². The summed E-state index contributed by atoms with van der Waals surface area (Å²) >= 11 is 1.52. The van der Waals surface area contributed by atoms with Crippen LogP contribution < -0.4 is 0 Å². The van der Waals surface area contributed by atoms with Crippen LogP contribution in [0.4, 0.5) is 0 Å². The Bertz CT molecular complexity index is 820. The molecule has 3 rings (SSSR count). The lowest BCUT2D eigenvalue weighted by Crippen LogP contribution is -2.02. The number of hydrogen-bond donors (Lipinski definition) is 0. The zero-order chi connectivity index (χ0) is 16.4. The first kappa shape index (κ1) is 15.5. The molecule has 120 valence electrons. The van der Waals surface area contributed by atoms with Crippen molar-refractivity contribution in [2.24, 2.45) is 0 Å². The van der Waals surface area contributed by atoms with Crippen LogP contribution in [0.3, 0.4) is 0 Å². The zero-order valence-corrected chi connectivity index (χ0v) is 14.0. The van der Waals surface area contributed by atoms with E-state index in [1.165, 1.54) is 11.8 Å². The number of aromatic nitrogens is 5. The standard InChI is InChI=1S/C15H17N5O2S/c1-5-7-20-13(12-6-8-21-9(12)2)17-18-15(20)23-10(3)14-16-11(4)19-22-14/h5-6,8,10H,1,7H2,2-4H3. The van der Waals surface area contributed by atoms with Gasteiger partial charge in [0.05, 0.1) is 17.1 Å². The Morgan fingerprint density at radius 2 is 2.22 bits per heavy atom. The average molecular weight is 331 g/mol. The predicted octanol–water partition coefficient (Wildman–Crippen LogP) is 3.58. The highest BCUT2D eigenvalue weighted by Crippen LogP contribution is 2.35. The molecule has 0 spiro atoms. The first-order valence-corrected chi connectivity index (χ1v) is 8.03. The third-order valence-electron chi connectivity index (χ3n) is 3.30. The molecular weight excluding hydrogens is 314 g/mol. The highest BCUT2D eigenvalue weighted by atomic mass is 32.2. The van der Waals surface area contributed by atoms with Gasteiger partial charge in [-0.25, -0.2) is 0 Å². The molecule has 23 heavy (non-hydrogen) atoms. The normalized spacial score (nSPS) is 12.5. The molecular formula is C15H17N5O2S.